The Labute approximate surface area is 260 Å². The zero-order valence-electron chi connectivity index (χ0n) is 26.3. The van der Waals surface area contributed by atoms with E-state index in [4.69, 9.17) is 4.99 Å². The third kappa shape index (κ3) is 10.1. The third-order valence-corrected chi connectivity index (χ3v) is 7.28. The van der Waals surface area contributed by atoms with Gasteiger partial charge in [0.2, 0.25) is 5.95 Å². The van der Waals surface area contributed by atoms with Crippen molar-refractivity contribution in [1.29, 1.82) is 0 Å². The number of dihydropyridines is 1. The van der Waals surface area contributed by atoms with Crippen molar-refractivity contribution in [3.05, 3.63) is 94.4 Å². The maximum atomic E-state index is 13.0. The Morgan fingerprint density at radius 2 is 1.80 bits per heavy atom. The Bertz CT molecular complexity index is 1540. The van der Waals surface area contributed by atoms with Gasteiger partial charge in [-0.2, -0.15) is 0 Å². The molecule has 1 amide bonds. The van der Waals surface area contributed by atoms with Gasteiger partial charge in [0, 0.05) is 48.8 Å². The van der Waals surface area contributed by atoms with Crippen molar-refractivity contribution < 1.29 is 9.90 Å². The molecule has 9 heteroatoms. The molecule has 0 radical (unpaired) electrons. The highest BCUT2D eigenvalue weighted by Gasteiger charge is 2.19. The molecule has 0 fully saturated rings. The van der Waals surface area contributed by atoms with Crippen molar-refractivity contribution in [2.24, 2.45) is 4.99 Å². The maximum Gasteiger partial charge on any atom is 0.255 e. The van der Waals surface area contributed by atoms with Crippen LogP contribution < -0.4 is 21.3 Å². The smallest absolute Gasteiger partial charge is 0.255 e. The largest absolute Gasteiger partial charge is 0.390 e. The van der Waals surface area contributed by atoms with Crippen LogP contribution in [0.3, 0.4) is 0 Å². The van der Waals surface area contributed by atoms with Gasteiger partial charge in [0.05, 0.1) is 28.6 Å². The van der Waals surface area contributed by atoms with Gasteiger partial charge >= 0.3 is 0 Å². The molecule has 4 rings (SSSR count). The summed E-state index contributed by atoms with van der Waals surface area (Å²) in [4.78, 5) is 26.6. The number of allylic oxidation sites excluding steroid dienone is 1. The minimum absolute atomic E-state index is 0.172. The number of rotatable bonds is 12. The van der Waals surface area contributed by atoms with Gasteiger partial charge in [-0.05, 0) is 89.4 Å². The third-order valence-electron chi connectivity index (χ3n) is 7.28. The van der Waals surface area contributed by atoms with E-state index < -0.39 is 5.60 Å². The second-order valence-corrected chi connectivity index (χ2v) is 11.7. The summed E-state index contributed by atoms with van der Waals surface area (Å²) in [6.07, 6.45) is 7.81. The zero-order chi connectivity index (χ0) is 31.5. The Morgan fingerprint density at radius 3 is 2.48 bits per heavy atom. The molecule has 0 spiro atoms. The lowest BCUT2D eigenvalue weighted by atomic mass is 9.96. The molecule has 0 bridgehead atoms. The highest BCUT2D eigenvalue weighted by Crippen LogP contribution is 2.21. The molecule has 1 atom stereocenters. The van der Waals surface area contributed by atoms with Crippen molar-refractivity contribution >= 4 is 23.3 Å². The van der Waals surface area contributed by atoms with Crippen molar-refractivity contribution in [1.82, 2.24) is 20.6 Å². The number of aryl methyl sites for hydroxylation is 1. The van der Waals surface area contributed by atoms with Crippen LogP contribution >= 0.6 is 0 Å². The number of hydrogen-bond acceptors (Lipinski definition) is 8. The number of anilines is 2. The van der Waals surface area contributed by atoms with Crippen molar-refractivity contribution in [2.75, 3.05) is 30.8 Å². The second-order valence-electron chi connectivity index (χ2n) is 11.7. The number of nitrogens with zero attached hydrogens (tertiary/aromatic N) is 3. The first-order valence-corrected chi connectivity index (χ1v) is 15.0. The Kier molecular flexibility index (Phi) is 11.4. The molecule has 2 heterocycles. The van der Waals surface area contributed by atoms with E-state index in [0.717, 1.165) is 66.3 Å². The minimum Gasteiger partial charge on any atom is -0.390 e. The first-order chi connectivity index (χ1) is 21.1. The van der Waals surface area contributed by atoms with Crippen LogP contribution in [0.5, 0.6) is 0 Å². The lowest BCUT2D eigenvalue weighted by Crippen LogP contribution is -2.24. The van der Waals surface area contributed by atoms with Gasteiger partial charge in [0.25, 0.3) is 5.91 Å². The number of carbonyl (C=O) groups is 1. The summed E-state index contributed by atoms with van der Waals surface area (Å²) in [6.45, 7) is 10.2. The standard InChI is InChI=1S/C35H43N7O2/c1-24-6-10-29(33(43)41-30-12-8-26(9-13-30)21-37-19-18-36-5)20-28(24)11-7-27-22-38-34(39-23-27)42-32-15-14-31(40-25(32)2)16-17-35(3,4)44/h6,8-10,12-13,15,20,22-23,31,36-37,44H,14,16-19,21H2,1-5H3,(H,41,43)(H,38,39,42). The van der Waals surface area contributed by atoms with Crippen molar-refractivity contribution in [2.45, 2.75) is 65.1 Å². The Balaban J connectivity index is 1.33. The van der Waals surface area contributed by atoms with Crippen LogP contribution in [0.1, 0.15) is 72.6 Å². The van der Waals surface area contributed by atoms with Crippen LogP contribution in [-0.4, -0.2) is 58.5 Å². The highest BCUT2D eigenvalue weighted by molar-refractivity contribution is 6.04. The van der Waals surface area contributed by atoms with Crippen LogP contribution in [0.2, 0.25) is 0 Å². The first-order valence-electron chi connectivity index (χ1n) is 15.0. The van der Waals surface area contributed by atoms with E-state index in [-0.39, 0.29) is 11.9 Å². The molecule has 44 heavy (non-hydrogen) atoms. The number of aliphatic imine (C=N–C) groups is 1. The summed E-state index contributed by atoms with van der Waals surface area (Å²) in [5.41, 5.74) is 5.94. The Morgan fingerprint density at radius 1 is 1.05 bits per heavy atom. The van der Waals surface area contributed by atoms with E-state index >= 15 is 0 Å². The number of benzene rings is 2. The van der Waals surface area contributed by atoms with Crippen LogP contribution in [0.15, 0.2) is 71.6 Å². The molecule has 2 aromatic carbocycles. The van der Waals surface area contributed by atoms with Gasteiger partial charge in [-0.1, -0.05) is 36.1 Å². The average Bonchev–Trinajstić information content (AvgIpc) is 3.00. The number of hydrogen-bond donors (Lipinski definition) is 5. The molecule has 0 saturated carbocycles. The van der Waals surface area contributed by atoms with Gasteiger partial charge in [-0.3, -0.25) is 9.79 Å². The number of carbonyl (C=O) groups excluding carboxylic acids is 1. The monoisotopic (exact) mass is 593 g/mol. The predicted molar refractivity (Wildman–Crippen MR) is 178 cm³/mol. The molecule has 0 saturated heterocycles. The lowest BCUT2D eigenvalue weighted by molar-refractivity contribution is 0.0668. The molecule has 1 aliphatic rings. The number of nitrogens with one attached hydrogen (secondary N) is 4. The fourth-order valence-corrected chi connectivity index (χ4v) is 4.61. The topological polar surface area (TPSA) is 124 Å². The minimum atomic E-state index is -0.683. The number of likely N-dealkylation sites (N-methyl/N-ethyl adjacent to an activating group) is 1. The van der Waals surface area contributed by atoms with Crippen LogP contribution in [0.4, 0.5) is 11.6 Å². The lowest BCUT2D eigenvalue weighted by Gasteiger charge is -2.23. The van der Waals surface area contributed by atoms with Crippen LogP contribution in [0, 0.1) is 18.8 Å². The normalized spacial score (nSPS) is 14.6. The molecule has 230 valence electrons. The van der Waals surface area contributed by atoms with E-state index in [1.807, 2.05) is 65.1 Å². The SMILES string of the molecule is CNCCNCc1ccc(NC(=O)c2ccc(C)c(C#Cc3cnc(NC4=CCC(CCC(C)(C)O)N=C4C)nc3)c2)cc1. The van der Waals surface area contributed by atoms with Crippen LogP contribution in [0.25, 0.3) is 0 Å². The van der Waals surface area contributed by atoms with Gasteiger partial charge < -0.3 is 26.4 Å². The summed E-state index contributed by atoms with van der Waals surface area (Å²) in [5.74, 6) is 6.57. The summed E-state index contributed by atoms with van der Waals surface area (Å²) < 4.78 is 0. The van der Waals surface area contributed by atoms with E-state index in [2.05, 4.69) is 49.2 Å². The van der Waals surface area contributed by atoms with Crippen LogP contribution in [-0.2, 0) is 6.54 Å². The first kappa shape index (κ1) is 32.6. The number of aromatic nitrogens is 2. The second kappa shape index (κ2) is 15.4. The van der Waals surface area contributed by atoms with E-state index in [1.54, 1.807) is 24.5 Å². The molecule has 1 aromatic heterocycles. The van der Waals surface area contributed by atoms with Gasteiger partial charge in [-0.15, -0.1) is 0 Å². The Hall–Kier alpha value is -4.36. The molecular formula is C35H43N7O2. The molecular weight excluding hydrogens is 550 g/mol. The summed E-state index contributed by atoms with van der Waals surface area (Å²) in [5, 5.41) is 22.7. The average molecular weight is 594 g/mol. The fourth-order valence-electron chi connectivity index (χ4n) is 4.61. The van der Waals surface area contributed by atoms with Gasteiger partial charge in [-0.25, -0.2) is 9.97 Å². The molecule has 1 aliphatic heterocycles. The zero-order valence-corrected chi connectivity index (χ0v) is 26.3. The van der Waals surface area contributed by atoms with E-state index in [9.17, 15) is 9.90 Å². The predicted octanol–water partition coefficient (Wildman–Crippen LogP) is 4.83. The molecule has 1 unspecified atom stereocenters. The summed E-state index contributed by atoms with van der Waals surface area (Å²) in [6, 6.07) is 13.5. The fraction of sp³-hybridized carbons (Fsp3) is 0.371. The summed E-state index contributed by atoms with van der Waals surface area (Å²) >= 11 is 0. The summed E-state index contributed by atoms with van der Waals surface area (Å²) in [7, 11) is 1.93. The van der Waals surface area contributed by atoms with Crippen molar-refractivity contribution in [3.8, 4) is 11.8 Å². The highest BCUT2D eigenvalue weighted by atomic mass is 16.3. The van der Waals surface area contributed by atoms with E-state index in [1.165, 1.54) is 0 Å². The number of aliphatic hydroxyl groups is 1. The van der Waals surface area contributed by atoms with Gasteiger partial charge in [0.15, 0.2) is 0 Å². The van der Waals surface area contributed by atoms with Gasteiger partial charge in [0.1, 0.15) is 0 Å². The number of amides is 1. The quantitative estimate of drug-likeness (QED) is 0.151. The van der Waals surface area contributed by atoms with Crippen molar-refractivity contribution in [3.63, 3.8) is 0 Å². The molecule has 9 nitrogen and oxygen atoms in total. The maximum absolute atomic E-state index is 13.0. The van der Waals surface area contributed by atoms with E-state index in [0.29, 0.717) is 23.5 Å². The molecule has 5 N–H and O–H groups in total. The molecule has 0 aliphatic carbocycles. The molecule has 3 aromatic rings.